The molecule has 1 aliphatic rings. The van der Waals surface area contributed by atoms with E-state index < -0.39 is 5.97 Å². The quantitative estimate of drug-likeness (QED) is 0.563. The standard InChI is InChI=1S/C25H26N2O3/c28-24(26-16-18-8-10-20(11-9-18)25(29)30)14-15-27(22-12-13-22)17-21-6-3-5-19-4-1-2-7-23(19)21/h1-11,22H,12-17H2,(H,26,28)(H,29,30). The number of carbonyl (C=O) groups excluding carboxylic acids is 1. The van der Waals surface area contributed by atoms with Crippen molar-refractivity contribution < 1.29 is 14.7 Å². The number of hydrogen-bond acceptors (Lipinski definition) is 3. The van der Waals surface area contributed by atoms with Crippen LogP contribution in [0.25, 0.3) is 10.8 Å². The van der Waals surface area contributed by atoms with E-state index >= 15 is 0 Å². The van der Waals surface area contributed by atoms with Crippen LogP contribution >= 0.6 is 0 Å². The van der Waals surface area contributed by atoms with Crippen LogP contribution in [0.3, 0.4) is 0 Å². The molecule has 0 aliphatic heterocycles. The molecule has 2 N–H and O–H groups in total. The van der Waals surface area contributed by atoms with Crippen LogP contribution in [0.15, 0.2) is 66.7 Å². The maximum atomic E-state index is 12.4. The Bertz CT molecular complexity index is 1040. The van der Waals surface area contributed by atoms with E-state index in [1.165, 1.54) is 29.2 Å². The molecule has 0 atom stereocenters. The molecule has 1 amide bonds. The zero-order chi connectivity index (χ0) is 20.9. The SMILES string of the molecule is O=C(CCN(Cc1cccc2ccccc12)C1CC1)NCc1ccc(C(=O)O)cc1. The Morgan fingerprint density at radius 1 is 0.967 bits per heavy atom. The molecule has 0 bridgehead atoms. The van der Waals surface area contributed by atoms with Crippen LogP contribution in [0.5, 0.6) is 0 Å². The van der Waals surface area contributed by atoms with Crippen LogP contribution in [0, 0.1) is 0 Å². The van der Waals surface area contributed by atoms with Crippen molar-refractivity contribution in [2.75, 3.05) is 6.54 Å². The summed E-state index contributed by atoms with van der Waals surface area (Å²) in [4.78, 5) is 25.7. The lowest BCUT2D eigenvalue weighted by atomic mass is 10.0. The van der Waals surface area contributed by atoms with Gasteiger partial charge in [-0.25, -0.2) is 4.79 Å². The van der Waals surface area contributed by atoms with Gasteiger partial charge in [0.2, 0.25) is 5.91 Å². The number of nitrogens with zero attached hydrogens (tertiary/aromatic N) is 1. The Balaban J connectivity index is 1.31. The first kappa shape index (κ1) is 20.1. The highest BCUT2D eigenvalue weighted by atomic mass is 16.4. The van der Waals surface area contributed by atoms with Crippen LogP contribution in [0.1, 0.15) is 40.7 Å². The summed E-state index contributed by atoms with van der Waals surface area (Å²) in [6, 6.07) is 22.0. The maximum Gasteiger partial charge on any atom is 0.335 e. The first-order valence-corrected chi connectivity index (χ1v) is 10.4. The van der Waals surface area contributed by atoms with Gasteiger partial charge in [-0.15, -0.1) is 0 Å². The van der Waals surface area contributed by atoms with Crippen molar-refractivity contribution in [3.63, 3.8) is 0 Å². The summed E-state index contributed by atoms with van der Waals surface area (Å²) in [6.45, 7) is 2.00. The van der Waals surface area contributed by atoms with Crippen LogP contribution in [-0.4, -0.2) is 34.5 Å². The van der Waals surface area contributed by atoms with Gasteiger partial charge in [0.15, 0.2) is 0 Å². The Morgan fingerprint density at radius 3 is 2.43 bits per heavy atom. The number of fused-ring (bicyclic) bond motifs is 1. The normalized spacial score (nSPS) is 13.5. The van der Waals surface area contributed by atoms with Crippen molar-refractivity contribution in [3.05, 3.63) is 83.4 Å². The minimum absolute atomic E-state index is 0.0147. The van der Waals surface area contributed by atoms with Crippen molar-refractivity contribution in [3.8, 4) is 0 Å². The lowest BCUT2D eigenvalue weighted by Gasteiger charge is -2.22. The average Bonchev–Trinajstić information content (AvgIpc) is 3.61. The van der Waals surface area contributed by atoms with Gasteiger partial charge >= 0.3 is 5.97 Å². The maximum absolute atomic E-state index is 12.4. The summed E-state index contributed by atoms with van der Waals surface area (Å²) < 4.78 is 0. The van der Waals surface area contributed by atoms with Crippen molar-refractivity contribution >= 4 is 22.6 Å². The highest BCUT2D eigenvalue weighted by Crippen LogP contribution is 2.30. The van der Waals surface area contributed by atoms with Gasteiger partial charge in [0, 0.05) is 32.1 Å². The van der Waals surface area contributed by atoms with Gasteiger partial charge in [0.05, 0.1) is 5.56 Å². The fraction of sp³-hybridized carbons (Fsp3) is 0.280. The summed E-state index contributed by atoms with van der Waals surface area (Å²) >= 11 is 0. The van der Waals surface area contributed by atoms with Crippen molar-refractivity contribution in [2.24, 2.45) is 0 Å². The first-order chi connectivity index (χ1) is 14.6. The molecule has 0 spiro atoms. The summed E-state index contributed by atoms with van der Waals surface area (Å²) in [5, 5.41) is 14.4. The molecule has 3 aromatic rings. The van der Waals surface area contributed by atoms with Gasteiger partial charge in [-0.2, -0.15) is 0 Å². The Kier molecular flexibility index (Phi) is 6.10. The predicted octanol–water partition coefficient (Wildman–Crippen LogP) is 4.21. The van der Waals surface area contributed by atoms with Crippen molar-refractivity contribution in [1.82, 2.24) is 10.2 Å². The third kappa shape index (κ3) is 5.05. The Hall–Kier alpha value is -3.18. The van der Waals surface area contributed by atoms with Gasteiger partial charge in [-0.05, 0) is 46.9 Å². The molecule has 1 aliphatic carbocycles. The van der Waals surface area contributed by atoms with Gasteiger partial charge in [0.25, 0.3) is 0 Å². The number of rotatable bonds is 9. The van der Waals surface area contributed by atoms with E-state index in [4.69, 9.17) is 5.11 Å². The lowest BCUT2D eigenvalue weighted by molar-refractivity contribution is -0.121. The van der Waals surface area contributed by atoms with Gasteiger partial charge in [-0.1, -0.05) is 54.6 Å². The molecule has 0 aromatic heterocycles. The summed E-state index contributed by atoms with van der Waals surface area (Å²) in [6.07, 6.45) is 2.85. The number of aromatic carboxylic acids is 1. The van der Waals surface area contributed by atoms with E-state index in [9.17, 15) is 9.59 Å². The number of amides is 1. The van der Waals surface area contributed by atoms with E-state index in [1.54, 1.807) is 24.3 Å². The lowest BCUT2D eigenvalue weighted by Crippen LogP contribution is -2.32. The second kappa shape index (κ2) is 9.09. The highest BCUT2D eigenvalue weighted by molar-refractivity contribution is 5.87. The van der Waals surface area contributed by atoms with Crippen LogP contribution in [0.2, 0.25) is 0 Å². The zero-order valence-electron chi connectivity index (χ0n) is 16.9. The summed E-state index contributed by atoms with van der Waals surface area (Å²) in [7, 11) is 0. The van der Waals surface area contributed by atoms with Crippen molar-refractivity contribution in [2.45, 2.75) is 38.4 Å². The molecule has 5 heteroatoms. The number of nitrogens with one attached hydrogen (secondary N) is 1. The second-order valence-electron chi connectivity index (χ2n) is 7.87. The van der Waals surface area contributed by atoms with E-state index in [0.29, 0.717) is 19.0 Å². The van der Waals surface area contributed by atoms with E-state index in [0.717, 1.165) is 18.7 Å². The summed E-state index contributed by atoms with van der Waals surface area (Å²) in [5.41, 5.74) is 2.45. The molecule has 1 saturated carbocycles. The molecule has 5 nitrogen and oxygen atoms in total. The molecule has 1 fully saturated rings. The van der Waals surface area contributed by atoms with Crippen LogP contribution < -0.4 is 5.32 Å². The summed E-state index contributed by atoms with van der Waals surface area (Å²) in [5.74, 6) is -0.933. The van der Waals surface area contributed by atoms with E-state index in [2.05, 4.69) is 52.7 Å². The van der Waals surface area contributed by atoms with E-state index in [-0.39, 0.29) is 11.5 Å². The molecule has 0 saturated heterocycles. The molecule has 0 unspecified atom stereocenters. The highest BCUT2D eigenvalue weighted by Gasteiger charge is 2.29. The number of hydrogen-bond donors (Lipinski definition) is 2. The van der Waals surface area contributed by atoms with E-state index in [1.807, 2.05) is 0 Å². The molecule has 0 heterocycles. The molecule has 0 radical (unpaired) electrons. The largest absolute Gasteiger partial charge is 0.478 e. The molecule has 30 heavy (non-hydrogen) atoms. The molecular weight excluding hydrogens is 376 g/mol. The molecule has 154 valence electrons. The number of carboxylic acid groups (broad SMARTS) is 1. The topological polar surface area (TPSA) is 69.6 Å². The van der Waals surface area contributed by atoms with Gasteiger partial charge in [0.1, 0.15) is 0 Å². The van der Waals surface area contributed by atoms with Crippen LogP contribution in [-0.2, 0) is 17.9 Å². The number of benzene rings is 3. The number of carbonyl (C=O) groups is 2. The first-order valence-electron chi connectivity index (χ1n) is 10.4. The monoisotopic (exact) mass is 402 g/mol. The Morgan fingerprint density at radius 2 is 1.70 bits per heavy atom. The fourth-order valence-electron chi connectivity index (χ4n) is 3.78. The smallest absolute Gasteiger partial charge is 0.335 e. The molecular formula is C25H26N2O3. The third-order valence-corrected chi connectivity index (χ3v) is 5.63. The predicted molar refractivity (Wildman–Crippen MR) is 117 cm³/mol. The number of carboxylic acids is 1. The van der Waals surface area contributed by atoms with Gasteiger partial charge in [-0.3, -0.25) is 9.69 Å². The third-order valence-electron chi connectivity index (χ3n) is 5.63. The van der Waals surface area contributed by atoms with Crippen LogP contribution in [0.4, 0.5) is 0 Å². The van der Waals surface area contributed by atoms with Crippen molar-refractivity contribution in [1.29, 1.82) is 0 Å². The Labute approximate surface area is 176 Å². The minimum atomic E-state index is -0.947. The minimum Gasteiger partial charge on any atom is -0.478 e. The molecule has 4 rings (SSSR count). The second-order valence-corrected chi connectivity index (χ2v) is 7.87. The average molecular weight is 402 g/mol. The van der Waals surface area contributed by atoms with Gasteiger partial charge < -0.3 is 10.4 Å². The fourth-order valence-corrected chi connectivity index (χ4v) is 3.78. The zero-order valence-corrected chi connectivity index (χ0v) is 16.9. The molecule has 3 aromatic carbocycles.